The molecule has 2 nitrogen and oxygen atoms in total. The Bertz CT molecular complexity index is 215. The second-order valence-electron chi connectivity index (χ2n) is 4.31. The van der Waals surface area contributed by atoms with E-state index in [2.05, 4.69) is 19.1 Å². The quantitative estimate of drug-likeness (QED) is 0.524. The van der Waals surface area contributed by atoms with Crippen LogP contribution >= 0.6 is 0 Å². The molecule has 86 valence electrons. The van der Waals surface area contributed by atoms with E-state index in [1.54, 1.807) is 0 Å². The first-order chi connectivity index (χ1) is 7.24. The Kier molecular flexibility index (Phi) is 5.44. The predicted molar refractivity (Wildman–Crippen MR) is 61.6 cm³/mol. The summed E-state index contributed by atoms with van der Waals surface area (Å²) in [6, 6.07) is 0. The van der Waals surface area contributed by atoms with Crippen LogP contribution in [0.25, 0.3) is 0 Å². The summed E-state index contributed by atoms with van der Waals surface area (Å²) in [5.74, 6) is 0.386. The van der Waals surface area contributed by atoms with Gasteiger partial charge in [0.1, 0.15) is 6.10 Å². The van der Waals surface area contributed by atoms with Gasteiger partial charge in [-0.3, -0.25) is 4.79 Å². The molecule has 2 heteroatoms. The van der Waals surface area contributed by atoms with Crippen LogP contribution in [-0.2, 0) is 9.53 Å². The second kappa shape index (κ2) is 6.65. The molecule has 1 aliphatic carbocycles. The van der Waals surface area contributed by atoms with Crippen molar-refractivity contribution in [2.45, 2.75) is 58.5 Å². The van der Waals surface area contributed by atoms with Crippen molar-refractivity contribution in [3.05, 3.63) is 12.2 Å². The number of allylic oxidation sites excluding steroid dienone is 1. The molecule has 1 aliphatic rings. The molecule has 1 unspecified atom stereocenters. The molecule has 0 aromatic heterocycles. The Hall–Kier alpha value is -0.790. The Labute approximate surface area is 92.7 Å². The van der Waals surface area contributed by atoms with E-state index in [1.807, 2.05) is 0 Å². The van der Waals surface area contributed by atoms with E-state index in [4.69, 9.17) is 4.74 Å². The lowest BCUT2D eigenvalue weighted by molar-refractivity contribution is -0.146. The summed E-state index contributed by atoms with van der Waals surface area (Å²) in [7, 11) is 0. The molecule has 0 heterocycles. The number of carbonyl (C=O) groups is 1. The summed E-state index contributed by atoms with van der Waals surface area (Å²) in [6.07, 6.45) is 11.5. The van der Waals surface area contributed by atoms with Gasteiger partial charge in [-0.2, -0.15) is 0 Å². The summed E-state index contributed by atoms with van der Waals surface area (Å²) < 4.78 is 5.37. The highest BCUT2D eigenvalue weighted by Crippen LogP contribution is 2.28. The Morgan fingerprint density at radius 2 is 2.07 bits per heavy atom. The number of hydrogen-bond acceptors (Lipinski definition) is 2. The minimum atomic E-state index is -0.161. The van der Waals surface area contributed by atoms with Crippen molar-refractivity contribution in [2.75, 3.05) is 0 Å². The van der Waals surface area contributed by atoms with Gasteiger partial charge in [0.05, 0.1) is 0 Å². The lowest BCUT2D eigenvalue weighted by Gasteiger charge is -2.27. The van der Waals surface area contributed by atoms with Crippen molar-refractivity contribution in [3.8, 4) is 0 Å². The van der Waals surface area contributed by atoms with E-state index >= 15 is 0 Å². The first-order valence-corrected chi connectivity index (χ1v) is 6.08. The Morgan fingerprint density at radius 3 is 2.60 bits per heavy atom. The average Bonchev–Trinajstić information content (AvgIpc) is 2.25. The number of carbonyl (C=O) groups excluding carboxylic acids is 1. The van der Waals surface area contributed by atoms with Crippen LogP contribution in [0.15, 0.2) is 12.2 Å². The molecular formula is C13H22O2. The van der Waals surface area contributed by atoms with Gasteiger partial charge in [-0.1, -0.05) is 32.3 Å². The molecule has 0 saturated heterocycles. The Morgan fingerprint density at radius 1 is 1.40 bits per heavy atom. The molecule has 0 spiro atoms. The monoisotopic (exact) mass is 210 g/mol. The summed E-state index contributed by atoms with van der Waals surface area (Å²) in [4.78, 5) is 11.0. The molecule has 1 saturated carbocycles. The van der Waals surface area contributed by atoms with Crippen LogP contribution in [0.2, 0.25) is 0 Å². The zero-order valence-corrected chi connectivity index (χ0v) is 9.87. The van der Waals surface area contributed by atoms with E-state index in [1.165, 1.54) is 39.0 Å². The van der Waals surface area contributed by atoms with E-state index in [0.29, 0.717) is 5.92 Å². The van der Waals surface area contributed by atoms with Gasteiger partial charge in [0.2, 0.25) is 0 Å². The van der Waals surface area contributed by atoms with Gasteiger partial charge in [0.15, 0.2) is 0 Å². The highest BCUT2D eigenvalue weighted by atomic mass is 16.5. The van der Waals surface area contributed by atoms with Crippen molar-refractivity contribution >= 4 is 5.97 Å². The van der Waals surface area contributed by atoms with Crippen LogP contribution in [0, 0.1) is 5.92 Å². The molecule has 0 aromatic rings. The lowest BCUT2D eigenvalue weighted by atomic mass is 9.85. The van der Waals surface area contributed by atoms with Gasteiger partial charge in [-0.15, -0.1) is 0 Å². The summed E-state index contributed by atoms with van der Waals surface area (Å²) in [5, 5.41) is 0. The molecule has 0 radical (unpaired) electrons. The summed E-state index contributed by atoms with van der Waals surface area (Å²) >= 11 is 0. The predicted octanol–water partition coefficient (Wildman–Crippen LogP) is 3.46. The number of hydrogen-bond donors (Lipinski definition) is 0. The van der Waals surface area contributed by atoms with Gasteiger partial charge in [0.25, 0.3) is 0 Å². The fourth-order valence-corrected chi connectivity index (χ4v) is 2.22. The van der Waals surface area contributed by atoms with E-state index in [9.17, 15) is 4.79 Å². The average molecular weight is 210 g/mol. The van der Waals surface area contributed by atoms with Crippen LogP contribution in [0.3, 0.4) is 0 Å². The van der Waals surface area contributed by atoms with Gasteiger partial charge in [-0.05, 0) is 31.3 Å². The highest BCUT2D eigenvalue weighted by Gasteiger charge is 2.23. The SMILES string of the molecule is CCC=CC(OC(C)=O)C1CCCCC1. The Balaban J connectivity index is 2.52. The maximum Gasteiger partial charge on any atom is 0.303 e. The smallest absolute Gasteiger partial charge is 0.303 e. The standard InChI is InChI=1S/C13H22O2/c1-3-4-10-13(15-11(2)14)12-8-6-5-7-9-12/h4,10,12-13H,3,5-9H2,1-2H3. The minimum absolute atomic E-state index is 0.0164. The van der Waals surface area contributed by atoms with Gasteiger partial charge >= 0.3 is 5.97 Å². The third-order valence-electron chi connectivity index (χ3n) is 2.98. The third kappa shape index (κ3) is 4.50. The van der Waals surface area contributed by atoms with Gasteiger partial charge in [0, 0.05) is 6.92 Å². The normalized spacial score (nSPS) is 20.4. The van der Waals surface area contributed by atoms with Gasteiger partial charge in [-0.25, -0.2) is 0 Å². The van der Waals surface area contributed by atoms with Crippen LogP contribution < -0.4 is 0 Å². The molecule has 1 atom stereocenters. The maximum absolute atomic E-state index is 11.0. The zero-order valence-electron chi connectivity index (χ0n) is 9.87. The van der Waals surface area contributed by atoms with Crippen LogP contribution in [0.4, 0.5) is 0 Å². The van der Waals surface area contributed by atoms with Gasteiger partial charge < -0.3 is 4.74 Å². The molecule has 0 aliphatic heterocycles. The van der Waals surface area contributed by atoms with Crippen molar-refractivity contribution < 1.29 is 9.53 Å². The third-order valence-corrected chi connectivity index (χ3v) is 2.98. The van der Waals surface area contributed by atoms with Crippen LogP contribution in [-0.4, -0.2) is 12.1 Å². The molecule has 1 rings (SSSR count). The van der Waals surface area contributed by atoms with Crippen LogP contribution in [0.1, 0.15) is 52.4 Å². The van der Waals surface area contributed by atoms with Crippen LogP contribution in [0.5, 0.6) is 0 Å². The molecular weight excluding hydrogens is 188 g/mol. The summed E-state index contributed by atoms with van der Waals surface area (Å²) in [6.45, 7) is 3.60. The number of esters is 1. The lowest BCUT2D eigenvalue weighted by Crippen LogP contribution is -2.26. The number of ether oxygens (including phenoxy) is 1. The van der Waals surface area contributed by atoms with Crippen molar-refractivity contribution in [1.82, 2.24) is 0 Å². The molecule has 0 N–H and O–H groups in total. The van der Waals surface area contributed by atoms with Crippen molar-refractivity contribution in [1.29, 1.82) is 0 Å². The molecule has 0 aromatic carbocycles. The second-order valence-corrected chi connectivity index (χ2v) is 4.31. The molecule has 0 amide bonds. The van der Waals surface area contributed by atoms with E-state index in [-0.39, 0.29) is 12.1 Å². The van der Waals surface area contributed by atoms with E-state index in [0.717, 1.165) is 6.42 Å². The zero-order chi connectivity index (χ0) is 11.1. The molecule has 0 bridgehead atoms. The topological polar surface area (TPSA) is 26.3 Å². The molecule has 1 fully saturated rings. The number of rotatable bonds is 4. The molecule has 15 heavy (non-hydrogen) atoms. The first kappa shape index (κ1) is 12.3. The first-order valence-electron chi connectivity index (χ1n) is 6.08. The fourth-order valence-electron chi connectivity index (χ4n) is 2.22. The van der Waals surface area contributed by atoms with E-state index < -0.39 is 0 Å². The minimum Gasteiger partial charge on any atom is -0.458 e. The summed E-state index contributed by atoms with van der Waals surface area (Å²) in [5.41, 5.74) is 0. The largest absolute Gasteiger partial charge is 0.458 e. The highest BCUT2D eigenvalue weighted by molar-refractivity contribution is 5.66. The van der Waals surface area contributed by atoms with Crippen molar-refractivity contribution in [2.24, 2.45) is 5.92 Å². The van der Waals surface area contributed by atoms with Crippen molar-refractivity contribution in [3.63, 3.8) is 0 Å². The fraction of sp³-hybridized carbons (Fsp3) is 0.769. The maximum atomic E-state index is 11.0.